The summed E-state index contributed by atoms with van der Waals surface area (Å²) in [6.07, 6.45) is 0. The zero-order valence-corrected chi connectivity index (χ0v) is 11.5. The average Bonchev–Trinajstić information content (AvgIpc) is 2.58. The van der Waals surface area contributed by atoms with Gasteiger partial charge in [0.15, 0.2) is 5.55 Å². The molecule has 0 saturated carbocycles. The Hall–Kier alpha value is -0.760. The molecule has 86 valence electrons. The Kier molecular flexibility index (Phi) is 3.11. The number of hydrogen-bond acceptors (Lipinski definition) is 3. The summed E-state index contributed by atoms with van der Waals surface area (Å²) < 4.78 is 2.22. The van der Waals surface area contributed by atoms with Crippen LogP contribution in [-0.4, -0.2) is 33.2 Å². The van der Waals surface area contributed by atoms with Crippen molar-refractivity contribution in [3.05, 3.63) is 23.2 Å². The fourth-order valence-corrected chi connectivity index (χ4v) is 4.18. The summed E-state index contributed by atoms with van der Waals surface area (Å²) >= 11 is 6.18. The Bertz CT molecular complexity index is 519. The van der Waals surface area contributed by atoms with Crippen molar-refractivity contribution in [3.63, 3.8) is 0 Å². The Morgan fingerprint density at radius 2 is 1.88 bits per heavy atom. The molecule has 0 bridgehead atoms. The third-order valence-electron chi connectivity index (χ3n) is 2.39. The first kappa shape index (κ1) is 11.7. The van der Waals surface area contributed by atoms with Crippen molar-refractivity contribution in [2.24, 2.45) is 0 Å². The Labute approximate surface area is 102 Å². The third kappa shape index (κ3) is 1.80. The zero-order chi connectivity index (χ0) is 11.9. The number of rotatable bonds is 2. The molecule has 0 aliphatic rings. The number of para-hydroxylation sites is 1. The highest BCUT2D eigenvalue weighted by molar-refractivity contribution is 7.60. The number of hydrogen-bond donors (Lipinski definition) is 0. The molecule has 1 unspecified atom stereocenters. The summed E-state index contributed by atoms with van der Waals surface area (Å²) in [4.78, 5) is 6.72. The molecule has 0 aliphatic carbocycles. The topological polar surface area (TPSA) is 19.4 Å². The molecule has 0 fully saturated rings. The lowest BCUT2D eigenvalue weighted by molar-refractivity contribution is 1.11. The van der Waals surface area contributed by atoms with Crippen LogP contribution in [0.3, 0.4) is 0 Å². The van der Waals surface area contributed by atoms with Gasteiger partial charge in [0.25, 0.3) is 0 Å². The molecule has 16 heavy (non-hydrogen) atoms. The average molecular weight is 256 g/mol. The van der Waals surface area contributed by atoms with Crippen LogP contribution in [0.25, 0.3) is 10.6 Å². The quantitative estimate of drug-likeness (QED) is 0.822. The predicted molar refractivity (Wildman–Crippen MR) is 73.9 cm³/mol. The van der Waals surface area contributed by atoms with E-state index in [1.165, 1.54) is 5.12 Å². The van der Waals surface area contributed by atoms with Gasteiger partial charge in [-0.25, -0.2) is 4.98 Å². The second kappa shape index (κ2) is 4.25. The van der Waals surface area contributed by atoms with Gasteiger partial charge >= 0.3 is 0 Å². The van der Waals surface area contributed by atoms with E-state index in [0.29, 0.717) is 0 Å². The standard InChI is InChI=1S/C11H15ClN3P/c1-14(2)11-13-10-8(12)6-5-7-9(10)16(11)15(3)4/h5-7H,1-4H3. The van der Waals surface area contributed by atoms with Crippen LogP contribution in [0.2, 0.25) is 5.02 Å². The second-order valence-corrected chi connectivity index (χ2v) is 6.79. The number of halogens is 1. The van der Waals surface area contributed by atoms with Gasteiger partial charge in [-0.15, -0.1) is 0 Å². The number of aromatic nitrogens is 1. The molecule has 0 N–H and O–H groups in total. The molecule has 2 rings (SSSR count). The fraction of sp³-hybridized carbons (Fsp3) is 0.364. The van der Waals surface area contributed by atoms with Crippen LogP contribution in [-0.2, 0) is 0 Å². The molecule has 0 spiro atoms. The van der Waals surface area contributed by atoms with Crippen LogP contribution in [0.15, 0.2) is 18.2 Å². The zero-order valence-electron chi connectivity index (χ0n) is 9.90. The lowest BCUT2D eigenvalue weighted by Gasteiger charge is -2.17. The smallest absolute Gasteiger partial charge is 0.163 e. The molecule has 2 aromatic rings. The molecule has 1 heterocycles. The van der Waals surface area contributed by atoms with E-state index in [0.717, 1.165) is 16.1 Å². The van der Waals surface area contributed by atoms with E-state index in [1.807, 2.05) is 26.2 Å². The minimum Gasteiger partial charge on any atom is -0.358 e. The Balaban J connectivity index is 2.81. The monoisotopic (exact) mass is 255 g/mol. The van der Waals surface area contributed by atoms with E-state index in [9.17, 15) is 0 Å². The fourth-order valence-electron chi connectivity index (χ4n) is 1.72. The normalized spacial score (nSPS) is 12.5. The van der Waals surface area contributed by atoms with E-state index in [4.69, 9.17) is 11.6 Å². The van der Waals surface area contributed by atoms with Gasteiger partial charge in [0, 0.05) is 26.9 Å². The van der Waals surface area contributed by atoms with Gasteiger partial charge < -0.3 is 4.90 Å². The summed E-state index contributed by atoms with van der Waals surface area (Å²) in [5.41, 5.74) is 2.04. The minimum atomic E-state index is -0.514. The third-order valence-corrected chi connectivity index (χ3v) is 5.20. The maximum Gasteiger partial charge on any atom is 0.163 e. The van der Waals surface area contributed by atoms with Gasteiger partial charge in [-0.3, -0.25) is 4.67 Å². The molecular formula is C11H15ClN3P. The van der Waals surface area contributed by atoms with Crippen molar-refractivity contribution in [1.29, 1.82) is 0 Å². The first-order chi connectivity index (χ1) is 7.52. The van der Waals surface area contributed by atoms with Crippen molar-refractivity contribution in [2.45, 2.75) is 0 Å². The molecule has 0 saturated heterocycles. The van der Waals surface area contributed by atoms with Crippen molar-refractivity contribution in [2.75, 3.05) is 37.8 Å². The molecule has 0 aliphatic heterocycles. The van der Waals surface area contributed by atoms with E-state index in [1.54, 1.807) is 0 Å². The first-order valence-electron chi connectivity index (χ1n) is 5.04. The van der Waals surface area contributed by atoms with Crippen molar-refractivity contribution >= 4 is 35.5 Å². The molecule has 1 aromatic carbocycles. The van der Waals surface area contributed by atoms with Crippen molar-refractivity contribution < 1.29 is 0 Å². The van der Waals surface area contributed by atoms with Gasteiger partial charge in [-0.05, 0) is 26.2 Å². The van der Waals surface area contributed by atoms with Gasteiger partial charge in [0.2, 0.25) is 0 Å². The van der Waals surface area contributed by atoms with Gasteiger partial charge in [-0.2, -0.15) is 0 Å². The summed E-state index contributed by atoms with van der Waals surface area (Å²) in [7, 11) is 7.70. The van der Waals surface area contributed by atoms with Crippen LogP contribution in [0.4, 0.5) is 5.55 Å². The van der Waals surface area contributed by atoms with E-state index in [2.05, 4.69) is 34.7 Å². The molecule has 1 atom stereocenters. The first-order valence-corrected chi connectivity index (χ1v) is 6.71. The summed E-state index contributed by atoms with van der Waals surface area (Å²) in [6, 6.07) is 6.01. The SMILES string of the molecule is CN(C)c1nc2c(Cl)cccc2p1N(C)C. The Morgan fingerprint density at radius 3 is 2.44 bits per heavy atom. The number of nitrogens with zero attached hydrogens (tertiary/aromatic N) is 3. The highest BCUT2D eigenvalue weighted by Gasteiger charge is 2.16. The predicted octanol–water partition coefficient (Wildman–Crippen LogP) is 3.14. The maximum atomic E-state index is 6.18. The maximum absolute atomic E-state index is 6.18. The van der Waals surface area contributed by atoms with Crippen molar-refractivity contribution in [1.82, 2.24) is 4.98 Å². The summed E-state index contributed by atoms with van der Waals surface area (Å²) in [5, 5.41) is 1.99. The molecule has 0 amide bonds. The lowest BCUT2D eigenvalue weighted by atomic mass is 10.3. The van der Waals surface area contributed by atoms with Crippen molar-refractivity contribution in [3.8, 4) is 0 Å². The van der Waals surface area contributed by atoms with E-state index < -0.39 is 7.68 Å². The Morgan fingerprint density at radius 1 is 1.19 bits per heavy atom. The van der Waals surface area contributed by atoms with Gasteiger partial charge in [0.1, 0.15) is 0 Å². The van der Waals surface area contributed by atoms with Crippen LogP contribution in [0.1, 0.15) is 0 Å². The molecule has 5 heteroatoms. The van der Waals surface area contributed by atoms with Gasteiger partial charge in [0.05, 0.1) is 10.5 Å². The highest BCUT2D eigenvalue weighted by atomic mass is 35.5. The number of fused-ring (bicyclic) bond motifs is 1. The molecule has 1 aromatic heterocycles. The molecule has 3 nitrogen and oxygen atoms in total. The van der Waals surface area contributed by atoms with Crippen LogP contribution < -0.4 is 9.57 Å². The molecule has 0 radical (unpaired) electrons. The second-order valence-electron chi connectivity index (χ2n) is 4.07. The lowest BCUT2D eigenvalue weighted by Crippen LogP contribution is -2.12. The number of benzene rings is 1. The highest BCUT2D eigenvalue weighted by Crippen LogP contribution is 2.48. The van der Waals surface area contributed by atoms with Crippen LogP contribution in [0.5, 0.6) is 0 Å². The summed E-state index contributed by atoms with van der Waals surface area (Å²) in [5.74, 6) is 0. The molecular weight excluding hydrogens is 241 g/mol. The summed E-state index contributed by atoms with van der Waals surface area (Å²) in [6.45, 7) is 0. The largest absolute Gasteiger partial charge is 0.358 e. The van der Waals surface area contributed by atoms with Crippen LogP contribution >= 0.6 is 19.3 Å². The van der Waals surface area contributed by atoms with Gasteiger partial charge in [-0.1, -0.05) is 17.7 Å². The van der Waals surface area contributed by atoms with E-state index in [-0.39, 0.29) is 0 Å². The number of anilines is 1. The van der Waals surface area contributed by atoms with Crippen LogP contribution in [0, 0.1) is 0 Å². The minimum absolute atomic E-state index is 0.514. The van der Waals surface area contributed by atoms with E-state index >= 15 is 0 Å².